The Morgan fingerprint density at radius 3 is 2.56 bits per heavy atom. The van der Waals surface area contributed by atoms with Crippen LogP contribution in [0.3, 0.4) is 0 Å². The normalized spacial score (nSPS) is 19.5. The molecule has 8 nitrogen and oxygen atoms in total. The topological polar surface area (TPSA) is 82.2 Å². The van der Waals surface area contributed by atoms with E-state index in [9.17, 15) is 14.4 Å². The van der Waals surface area contributed by atoms with Crippen LogP contribution in [0.2, 0.25) is 0 Å². The number of hydrogen-bond donors (Lipinski definition) is 1. The van der Waals surface area contributed by atoms with E-state index in [1.165, 1.54) is 0 Å². The molecule has 34 heavy (non-hydrogen) atoms. The van der Waals surface area contributed by atoms with Crippen LogP contribution < -0.4 is 19.9 Å². The molecular weight excluding hydrogens is 432 g/mol. The fourth-order valence-electron chi connectivity index (χ4n) is 5.24. The van der Waals surface area contributed by atoms with Crippen molar-refractivity contribution in [1.29, 1.82) is 0 Å². The molecule has 8 heteroatoms. The average Bonchev–Trinajstić information content (AvgIpc) is 3.41. The predicted molar refractivity (Wildman–Crippen MR) is 131 cm³/mol. The van der Waals surface area contributed by atoms with Crippen molar-refractivity contribution >= 4 is 34.8 Å². The minimum Gasteiger partial charge on any atom is -0.495 e. The maximum Gasteiger partial charge on any atom is 0.253 e. The molecule has 2 fully saturated rings. The molecule has 2 aromatic carbocycles. The van der Waals surface area contributed by atoms with Gasteiger partial charge in [-0.1, -0.05) is 12.1 Å². The standard InChI is InChI=1S/C26H30N4O4/c1-34-23-10-3-2-8-19(23)27-24(31)17-30-22-16-18(25(32)28-13-6-7-14-28)11-12-20(22)29-15-5-4-9-21(29)26(30)33/h2-3,8,10-12,16,21H,4-7,9,13-15,17H2,1H3,(H,27,31)/t21-/m1/s1. The molecule has 0 aliphatic carbocycles. The van der Waals surface area contributed by atoms with Crippen LogP contribution in [0.4, 0.5) is 17.1 Å². The highest BCUT2D eigenvalue weighted by Crippen LogP contribution is 2.40. The van der Waals surface area contributed by atoms with Crippen molar-refractivity contribution in [2.24, 2.45) is 0 Å². The zero-order valence-corrected chi connectivity index (χ0v) is 19.5. The second kappa shape index (κ2) is 9.37. The van der Waals surface area contributed by atoms with Gasteiger partial charge in [0.05, 0.1) is 24.2 Å². The largest absolute Gasteiger partial charge is 0.495 e. The van der Waals surface area contributed by atoms with E-state index < -0.39 is 0 Å². The molecule has 0 radical (unpaired) electrons. The fraction of sp³-hybridized carbons (Fsp3) is 0.423. The summed E-state index contributed by atoms with van der Waals surface area (Å²) in [5.41, 5.74) is 2.65. The van der Waals surface area contributed by atoms with E-state index in [1.54, 1.807) is 30.2 Å². The number of nitrogens with one attached hydrogen (secondary N) is 1. The molecule has 3 aliphatic heterocycles. The molecule has 1 atom stereocenters. The third-order valence-corrected chi connectivity index (χ3v) is 6.95. The predicted octanol–water partition coefficient (Wildman–Crippen LogP) is 3.28. The minimum atomic E-state index is -0.315. The van der Waals surface area contributed by atoms with Crippen molar-refractivity contribution in [2.45, 2.75) is 38.1 Å². The van der Waals surface area contributed by atoms with Crippen molar-refractivity contribution in [1.82, 2.24) is 4.90 Å². The average molecular weight is 463 g/mol. The zero-order chi connectivity index (χ0) is 23.7. The number of rotatable bonds is 5. The van der Waals surface area contributed by atoms with Gasteiger partial charge < -0.3 is 19.9 Å². The Balaban J connectivity index is 1.46. The lowest BCUT2D eigenvalue weighted by Gasteiger charge is -2.45. The molecule has 0 spiro atoms. The van der Waals surface area contributed by atoms with Crippen molar-refractivity contribution in [3.63, 3.8) is 0 Å². The Morgan fingerprint density at radius 2 is 1.76 bits per heavy atom. The Morgan fingerprint density at radius 1 is 1.00 bits per heavy atom. The molecule has 0 saturated carbocycles. The van der Waals surface area contributed by atoms with Crippen molar-refractivity contribution in [3.05, 3.63) is 48.0 Å². The lowest BCUT2D eigenvalue weighted by Crippen LogP contribution is -2.56. The summed E-state index contributed by atoms with van der Waals surface area (Å²) < 4.78 is 5.33. The highest BCUT2D eigenvalue weighted by Gasteiger charge is 2.40. The van der Waals surface area contributed by atoms with Crippen LogP contribution in [0.1, 0.15) is 42.5 Å². The number of carbonyl (C=O) groups is 3. The number of hydrogen-bond acceptors (Lipinski definition) is 5. The van der Waals surface area contributed by atoms with Crippen LogP contribution in [-0.2, 0) is 9.59 Å². The highest BCUT2D eigenvalue weighted by atomic mass is 16.5. The Hall–Kier alpha value is -3.55. The van der Waals surface area contributed by atoms with E-state index >= 15 is 0 Å². The van der Waals surface area contributed by atoms with E-state index in [0.717, 1.165) is 57.4 Å². The second-order valence-electron chi connectivity index (χ2n) is 9.08. The molecule has 0 bridgehead atoms. The van der Waals surface area contributed by atoms with Crippen molar-refractivity contribution in [2.75, 3.05) is 48.4 Å². The summed E-state index contributed by atoms with van der Waals surface area (Å²) in [6.45, 7) is 2.18. The molecule has 2 aromatic rings. The number of fused-ring (bicyclic) bond motifs is 3. The first kappa shape index (κ1) is 22.3. The summed E-state index contributed by atoms with van der Waals surface area (Å²) in [7, 11) is 1.55. The van der Waals surface area contributed by atoms with Crippen molar-refractivity contribution < 1.29 is 19.1 Å². The van der Waals surface area contributed by atoms with Crippen LogP contribution in [0.15, 0.2) is 42.5 Å². The van der Waals surface area contributed by atoms with Gasteiger partial charge in [0, 0.05) is 25.2 Å². The molecule has 0 aromatic heterocycles. The van der Waals surface area contributed by atoms with Crippen LogP contribution in [-0.4, -0.2) is 62.0 Å². The Labute approximate surface area is 199 Å². The van der Waals surface area contributed by atoms with E-state index in [-0.39, 0.29) is 30.3 Å². The number of amides is 3. The maximum atomic E-state index is 13.6. The maximum absolute atomic E-state index is 13.6. The molecule has 2 saturated heterocycles. The Kier molecular flexibility index (Phi) is 6.13. The van der Waals surface area contributed by atoms with Gasteiger partial charge in [-0.05, 0) is 62.4 Å². The van der Waals surface area contributed by atoms with Gasteiger partial charge in [-0.15, -0.1) is 0 Å². The third kappa shape index (κ3) is 4.08. The lowest BCUT2D eigenvalue weighted by atomic mass is 9.95. The molecular formula is C26H30N4O4. The first-order valence-corrected chi connectivity index (χ1v) is 12.0. The van der Waals surface area contributed by atoms with E-state index in [4.69, 9.17) is 4.74 Å². The number of anilines is 3. The number of ether oxygens (including phenoxy) is 1. The quantitative estimate of drug-likeness (QED) is 0.738. The number of nitrogens with zero attached hydrogens (tertiary/aromatic N) is 3. The summed E-state index contributed by atoms with van der Waals surface area (Å²) in [6, 6.07) is 12.5. The SMILES string of the molecule is COc1ccccc1NC(=O)CN1C(=O)[C@H]2CCCCN2c2ccc(C(=O)N3CCCC3)cc21. The summed E-state index contributed by atoms with van der Waals surface area (Å²) >= 11 is 0. The number of piperidine rings is 1. The molecule has 3 amide bonds. The zero-order valence-electron chi connectivity index (χ0n) is 19.5. The van der Waals surface area contributed by atoms with Gasteiger partial charge in [-0.25, -0.2) is 0 Å². The van der Waals surface area contributed by atoms with Gasteiger partial charge in [0.15, 0.2) is 0 Å². The van der Waals surface area contributed by atoms with Crippen LogP contribution in [0.25, 0.3) is 0 Å². The summed E-state index contributed by atoms with van der Waals surface area (Å²) in [5, 5.41) is 2.87. The van der Waals surface area contributed by atoms with Crippen LogP contribution in [0.5, 0.6) is 5.75 Å². The number of carbonyl (C=O) groups excluding carboxylic acids is 3. The Bertz CT molecular complexity index is 1110. The fourth-order valence-corrected chi connectivity index (χ4v) is 5.24. The van der Waals surface area contributed by atoms with E-state index in [1.807, 2.05) is 29.2 Å². The highest BCUT2D eigenvalue weighted by molar-refractivity contribution is 6.11. The number of para-hydroxylation sites is 2. The van der Waals surface area contributed by atoms with Crippen LogP contribution in [0, 0.1) is 0 Å². The first-order chi connectivity index (χ1) is 16.6. The summed E-state index contributed by atoms with van der Waals surface area (Å²) in [4.78, 5) is 45.2. The van der Waals surface area contributed by atoms with Gasteiger partial charge in [0.2, 0.25) is 11.8 Å². The second-order valence-corrected chi connectivity index (χ2v) is 9.08. The number of benzene rings is 2. The van der Waals surface area contributed by atoms with Gasteiger partial charge >= 0.3 is 0 Å². The van der Waals surface area contributed by atoms with Gasteiger partial charge in [-0.2, -0.15) is 0 Å². The number of likely N-dealkylation sites (tertiary alicyclic amines) is 1. The van der Waals surface area contributed by atoms with Gasteiger partial charge in [0.25, 0.3) is 5.91 Å². The molecule has 5 rings (SSSR count). The monoisotopic (exact) mass is 462 g/mol. The molecule has 3 aliphatic rings. The number of methoxy groups -OCH3 is 1. The van der Waals surface area contributed by atoms with Crippen molar-refractivity contribution in [3.8, 4) is 5.75 Å². The lowest BCUT2D eigenvalue weighted by molar-refractivity contribution is -0.123. The van der Waals surface area contributed by atoms with Gasteiger partial charge in [-0.3, -0.25) is 19.3 Å². The summed E-state index contributed by atoms with van der Waals surface area (Å²) in [5.74, 6) is 0.127. The third-order valence-electron chi connectivity index (χ3n) is 6.95. The first-order valence-electron chi connectivity index (χ1n) is 12.0. The smallest absolute Gasteiger partial charge is 0.253 e. The molecule has 1 N–H and O–H groups in total. The van der Waals surface area contributed by atoms with E-state index in [0.29, 0.717) is 22.7 Å². The minimum absolute atomic E-state index is 0.0214. The molecule has 3 heterocycles. The van der Waals surface area contributed by atoms with E-state index in [2.05, 4.69) is 10.2 Å². The molecule has 178 valence electrons. The molecule has 0 unspecified atom stereocenters. The summed E-state index contributed by atoms with van der Waals surface area (Å²) in [6.07, 6.45) is 4.79. The van der Waals surface area contributed by atoms with Gasteiger partial charge in [0.1, 0.15) is 18.3 Å². The van der Waals surface area contributed by atoms with Crippen LogP contribution >= 0.6 is 0 Å².